The van der Waals surface area contributed by atoms with E-state index in [9.17, 15) is 4.79 Å². The van der Waals surface area contributed by atoms with Gasteiger partial charge in [-0.15, -0.1) is 11.8 Å². The summed E-state index contributed by atoms with van der Waals surface area (Å²) in [7, 11) is 1.29. The van der Waals surface area contributed by atoms with Gasteiger partial charge in [0, 0.05) is 10.5 Å². The van der Waals surface area contributed by atoms with Gasteiger partial charge in [0.25, 0.3) is 0 Å². The van der Waals surface area contributed by atoms with Gasteiger partial charge in [-0.1, -0.05) is 38.6 Å². The summed E-state index contributed by atoms with van der Waals surface area (Å²) in [5.41, 5.74) is 4.30. The molecular formula is C22H26O4S. The van der Waals surface area contributed by atoms with E-state index in [1.54, 1.807) is 17.8 Å². The average molecular weight is 387 g/mol. The fourth-order valence-corrected chi connectivity index (χ4v) is 3.47. The fourth-order valence-electron chi connectivity index (χ4n) is 2.85. The van der Waals surface area contributed by atoms with Crippen molar-refractivity contribution in [2.45, 2.75) is 38.2 Å². The second kappa shape index (κ2) is 10.1. The average Bonchev–Trinajstić information content (AvgIpc) is 2.71. The Balaban J connectivity index is 2.35. The number of thioether (sulfide) groups is 1. The van der Waals surface area contributed by atoms with Gasteiger partial charge in [-0.25, -0.2) is 4.79 Å². The molecule has 27 heavy (non-hydrogen) atoms. The van der Waals surface area contributed by atoms with Crippen molar-refractivity contribution in [3.63, 3.8) is 0 Å². The van der Waals surface area contributed by atoms with Gasteiger partial charge in [-0.3, -0.25) is 0 Å². The smallest absolute Gasteiger partial charge is 0.488 e. The standard InChI is InChI=1S/C22H26O4S/c1-6-15-12-17(8-3)20(13-16(15)7-2)25-14-18-19(26-22(23)24-4)10-9-11-21(18)27-5/h7,9-13H,2,6,8,14H2,1,3-5H3. The molecule has 0 fully saturated rings. The third-order valence-electron chi connectivity index (χ3n) is 4.35. The van der Waals surface area contributed by atoms with E-state index in [0.717, 1.165) is 40.2 Å². The van der Waals surface area contributed by atoms with Gasteiger partial charge < -0.3 is 14.2 Å². The SMILES string of the molecule is C=Cc1cc(OCc2c(OC(=O)OC)cccc2SC)c(CC)cc1CC. The second-order valence-corrected chi connectivity index (χ2v) is 6.70. The van der Waals surface area contributed by atoms with Crippen molar-refractivity contribution in [2.75, 3.05) is 13.4 Å². The summed E-state index contributed by atoms with van der Waals surface area (Å²) >= 11 is 1.57. The first kappa shape index (κ1) is 20.9. The van der Waals surface area contributed by atoms with Gasteiger partial charge in [0.15, 0.2) is 0 Å². The number of hydrogen-bond donors (Lipinski definition) is 0. The lowest BCUT2D eigenvalue weighted by Gasteiger charge is -2.17. The summed E-state index contributed by atoms with van der Waals surface area (Å²) < 4.78 is 16.1. The third-order valence-corrected chi connectivity index (χ3v) is 5.17. The Morgan fingerprint density at radius 1 is 1.15 bits per heavy atom. The number of aryl methyl sites for hydroxylation is 2. The number of carbonyl (C=O) groups is 1. The summed E-state index contributed by atoms with van der Waals surface area (Å²) in [5, 5.41) is 0. The van der Waals surface area contributed by atoms with E-state index < -0.39 is 6.16 Å². The third kappa shape index (κ3) is 5.07. The van der Waals surface area contributed by atoms with Crippen molar-refractivity contribution < 1.29 is 19.0 Å². The molecule has 0 saturated heterocycles. The first-order chi connectivity index (χ1) is 13.1. The molecule has 0 bridgehead atoms. The van der Waals surface area contributed by atoms with Gasteiger partial charge in [0.1, 0.15) is 18.1 Å². The molecule has 0 aliphatic heterocycles. The molecule has 2 aromatic carbocycles. The van der Waals surface area contributed by atoms with E-state index in [0.29, 0.717) is 12.4 Å². The van der Waals surface area contributed by atoms with Crippen LogP contribution in [0.15, 0.2) is 41.8 Å². The zero-order chi connectivity index (χ0) is 19.8. The van der Waals surface area contributed by atoms with Crippen molar-refractivity contribution >= 4 is 24.0 Å². The Kier molecular flexibility index (Phi) is 7.80. The van der Waals surface area contributed by atoms with Crippen LogP contribution in [0.1, 0.15) is 36.1 Å². The van der Waals surface area contributed by atoms with Crippen LogP contribution in [0.25, 0.3) is 6.08 Å². The van der Waals surface area contributed by atoms with E-state index in [1.807, 2.05) is 30.5 Å². The predicted molar refractivity (Wildman–Crippen MR) is 111 cm³/mol. The zero-order valence-corrected chi connectivity index (χ0v) is 17.2. The van der Waals surface area contributed by atoms with Gasteiger partial charge in [-0.2, -0.15) is 0 Å². The van der Waals surface area contributed by atoms with E-state index >= 15 is 0 Å². The van der Waals surface area contributed by atoms with Crippen LogP contribution >= 0.6 is 11.8 Å². The lowest BCUT2D eigenvalue weighted by atomic mass is 9.99. The molecular weight excluding hydrogens is 360 g/mol. The van der Waals surface area contributed by atoms with Crippen molar-refractivity contribution in [2.24, 2.45) is 0 Å². The van der Waals surface area contributed by atoms with E-state index in [4.69, 9.17) is 9.47 Å². The minimum atomic E-state index is -0.745. The summed E-state index contributed by atoms with van der Waals surface area (Å²) in [6.45, 7) is 8.44. The zero-order valence-electron chi connectivity index (χ0n) is 16.3. The van der Waals surface area contributed by atoms with Crippen LogP contribution in [-0.4, -0.2) is 19.5 Å². The normalized spacial score (nSPS) is 10.4. The molecule has 2 rings (SSSR count). The Hall–Kier alpha value is -2.40. The van der Waals surface area contributed by atoms with E-state index in [-0.39, 0.29) is 0 Å². The maximum Gasteiger partial charge on any atom is 0.513 e. The van der Waals surface area contributed by atoms with Gasteiger partial charge in [-0.05, 0) is 54.0 Å². The summed E-state index contributed by atoms with van der Waals surface area (Å²) in [5.74, 6) is 1.27. The number of ether oxygens (including phenoxy) is 3. The molecule has 5 heteroatoms. The minimum absolute atomic E-state index is 0.290. The summed E-state index contributed by atoms with van der Waals surface area (Å²) in [6, 6.07) is 9.78. The Morgan fingerprint density at radius 3 is 2.48 bits per heavy atom. The van der Waals surface area contributed by atoms with Crippen LogP contribution in [0.2, 0.25) is 0 Å². The van der Waals surface area contributed by atoms with Crippen LogP contribution in [-0.2, 0) is 24.2 Å². The van der Waals surface area contributed by atoms with Crippen molar-refractivity contribution in [1.29, 1.82) is 0 Å². The van der Waals surface area contributed by atoms with Crippen LogP contribution in [0.3, 0.4) is 0 Å². The predicted octanol–water partition coefficient (Wildman–Crippen LogP) is 5.90. The molecule has 0 aliphatic carbocycles. The maximum absolute atomic E-state index is 11.6. The highest BCUT2D eigenvalue weighted by Crippen LogP contribution is 2.32. The largest absolute Gasteiger partial charge is 0.513 e. The van der Waals surface area contributed by atoms with Gasteiger partial charge in [0.05, 0.1) is 7.11 Å². The molecule has 0 aromatic heterocycles. The molecule has 0 aliphatic rings. The molecule has 4 nitrogen and oxygen atoms in total. The molecule has 0 unspecified atom stereocenters. The molecule has 0 saturated carbocycles. The Bertz CT molecular complexity index is 814. The van der Waals surface area contributed by atoms with E-state index in [2.05, 4.69) is 31.2 Å². The Labute approximate surface area is 165 Å². The minimum Gasteiger partial charge on any atom is -0.488 e. The highest BCUT2D eigenvalue weighted by atomic mass is 32.2. The number of hydrogen-bond acceptors (Lipinski definition) is 5. The van der Waals surface area contributed by atoms with Crippen molar-refractivity contribution in [3.8, 4) is 11.5 Å². The monoisotopic (exact) mass is 386 g/mol. The summed E-state index contributed by atoms with van der Waals surface area (Å²) in [4.78, 5) is 12.5. The molecule has 0 atom stereocenters. The lowest BCUT2D eigenvalue weighted by molar-refractivity contribution is 0.120. The highest BCUT2D eigenvalue weighted by Gasteiger charge is 2.15. The topological polar surface area (TPSA) is 44.8 Å². The van der Waals surface area contributed by atoms with Crippen LogP contribution in [0.5, 0.6) is 11.5 Å². The number of carbonyl (C=O) groups excluding carboxylic acids is 1. The quantitative estimate of drug-likeness (QED) is 0.321. The van der Waals surface area contributed by atoms with Gasteiger partial charge >= 0.3 is 6.16 Å². The molecule has 0 N–H and O–H groups in total. The lowest BCUT2D eigenvalue weighted by Crippen LogP contribution is -2.10. The molecule has 0 amide bonds. The number of methoxy groups -OCH3 is 1. The number of benzene rings is 2. The molecule has 2 aromatic rings. The summed E-state index contributed by atoms with van der Waals surface area (Å²) in [6.07, 6.45) is 4.90. The molecule has 0 heterocycles. The first-order valence-corrected chi connectivity index (χ1v) is 10.1. The van der Waals surface area contributed by atoms with Crippen molar-refractivity contribution in [3.05, 3.63) is 59.2 Å². The number of rotatable bonds is 8. The van der Waals surface area contributed by atoms with Gasteiger partial charge in [0.2, 0.25) is 0 Å². The van der Waals surface area contributed by atoms with Crippen LogP contribution < -0.4 is 9.47 Å². The highest BCUT2D eigenvalue weighted by molar-refractivity contribution is 7.98. The van der Waals surface area contributed by atoms with Crippen LogP contribution in [0.4, 0.5) is 4.79 Å². The van der Waals surface area contributed by atoms with Crippen molar-refractivity contribution in [1.82, 2.24) is 0 Å². The van der Waals surface area contributed by atoms with Crippen LogP contribution in [0, 0.1) is 0 Å². The molecule has 144 valence electrons. The second-order valence-electron chi connectivity index (χ2n) is 5.85. The fraction of sp³-hybridized carbons (Fsp3) is 0.318. The molecule has 0 spiro atoms. The Morgan fingerprint density at radius 2 is 1.89 bits per heavy atom. The maximum atomic E-state index is 11.6. The first-order valence-electron chi connectivity index (χ1n) is 8.90. The van der Waals surface area contributed by atoms with E-state index in [1.165, 1.54) is 12.7 Å². The molecule has 0 radical (unpaired) electrons.